The summed E-state index contributed by atoms with van der Waals surface area (Å²) in [7, 11) is 0. The van der Waals surface area contributed by atoms with Crippen LogP contribution in [0.25, 0.3) is 11.1 Å². The molecule has 0 saturated carbocycles. The molecule has 1 aliphatic rings. The van der Waals surface area contributed by atoms with Crippen molar-refractivity contribution in [2.45, 2.75) is 65.7 Å². The quantitative estimate of drug-likeness (QED) is 0.449. The lowest BCUT2D eigenvalue weighted by atomic mass is 9.95. The highest BCUT2D eigenvalue weighted by molar-refractivity contribution is 14.1. The molecule has 1 amide bonds. The fourth-order valence-electron chi connectivity index (χ4n) is 3.59. The molecule has 1 aromatic heterocycles. The van der Waals surface area contributed by atoms with Crippen molar-refractivity contribution >= 4 is 28.7 Å². The van der Waals surface area contributed by atoms with Gasteiger partial charge in [0.05, 0.1) is 9.61 Å². The minimum absolute atomic E-state index is 0.0772. The van der Waals surface area contributed by atoms with E-state index in [4.69, 9.17) is 14.2 Å². The summed E-state index contributed by atoms with van der Waals surface area (Å²) in [6.07, 6.45) is 3.95. The Labute approximate surface area is 198 Å². The lowest BCUT2D eigenvalue weighted by Gasteiger charge is -2.27. The summed E-state index contributed by atoms with van der Waals surface area (Å²) in [6, 6.07) is 5.88. The molecule has 0 spiro atoms. The summed E-state index contributed by atoms with van der Waals surface area (Å²) in [5.41, 5.74) is 2.72. The molecule has 168 valence electrons. The molecule has 1 unspecified atom stereocenters. The van der Waals surface area contributed by atoms with Crippen LogP contribution in [0.2, 0.25) is 0 Å². The number of nitrogens with zero attached hydrogens (tertiary/aromatic N) is 1. The smallest absolute Gasteiger partial charge is 0.407 e. The number of alkyl carbamates (subject to hydrolysis) is 1. The fourth-order valence-corrected chi connectivity index (χ4v) is 4.21. The van der Waals surface area contributed by atoms with Gasteiger partial charge in [-0.15, -0.1) is 0 Å². The normalized spacial score (nSPS) is 16.1. The van der Waals surface area contributed by atoms with Gasteiger partial charge in [0.1, 0.15) is 29.8 Å². The Hall–Kier alpha value is -2.03. The minimum atomic E-state index is -0.541. The summed E-state index contributed by atoms with van der Waals surface area (Å²) >= 11 is 2.28. The molecular formula is C24H31IN2O4. The van der Waals surface area contributed by atoms with Gasteiger partial charge >= 0.3 is 6.09 Å². The molecule has 0 bridgehead atoms. The van der Waals surface area contributed by atoms with E-state index in [0.29, 0.717) is 12.5 Å². The molecule has 3 rings (SSSR count). The number of ether oxygens (including phenoxy) is 3. The van der Waals surface area contributed by atoms with Crippen LogP contribution in [0.1, 0.15) is 59.6 Å². The van der Waals surface area contributed by atoms with Gasteiger partial charge in [-0.2, -0.15) is 0 Å². The van der Waals surface area contributed by atoms with Crippen LogP contribution < -0.4 is 14.8 Å². The summed E-state index contributed by atoms with van der Waals surface area (Å²) in [5.74, 6) is 1.94. The fraction of sp³-hybridized carbons (Fsp3) is 0.500. The average Bonchev–Trinajstić information content (AvgIpc) is 2.65. The van der Waals surface area contributed by atoms with E-state index in [1.54, 1.807) is 6.20 Å². The molecule has 0 radical (unpaired) electrons. The van der Waals surface area contributed by atoms with Crippen LogP contribution >= 0.6 is 22.6 Å². The third-order valence-electron chi connectivity index (χ3n) is 4.83. The van der Waals surface area contributed by atoms with Gasteiger partial charge in [0.15, 0.2) is 0 Å². The molecule has 6 nitrogen and oxygen atoms in total. The van der Waals surface area contributed by atoms with Crippen molar-refractivity contribution in [3.8, 4) is 22.6 Å². The Kier molecular flexibility index (Phi) is 7.34. The maximum Gasteiger partial charge on any atom is 0.407 e. The second-order valence-corrected chi connectivity index (χ2v) is 10.4. The highest BCUT2D eigenvalue weighted by Crippen LogP contribution is 2.45. The maximum absolute atomic E-state index is 12.3. The number of nitrogens with one attached hydrogen (secondary N) is 1. The number of carbonyl (C=O) groups excluding carboxylic acids is 1. The third kappa shape index (κ3) is 6.24. The minimum Gasteiger partial charge on any atom is -0.490 e. The van der Waals surface area contributed by atoms with E-state index in [-0.39, 0.29) is 12.1 Å². The number of fused-ring (bicyclic) bond motifs is 3. The second kappa shape index (κ2) is 9.63. The Morgan fingerprint density at radius 3 is 2.71 bits per heavy atom. The zero-order chi connectivity index (χ0) is 22.8. The number of hydrogen-bond donors (Lipinski definition) is 1. The maximum atomic E-state index is 12.3. The number of benzene rings is 1. The Morgan fingerprint density at radius 2 is 2.03 bits per heavy atom. The standard InChI is InChI=1S/C24H31IN2O4/c1-14(2)9-16(27-23(28)31-24(4,5)6)13-29-22-11-21-18(10-20(22)25)17-7-8-26-12-19(17)15(3)30-21/h7-8,10-12,14-16H,9,13H2,1-6H3,(H,27,28)/t15?,16-/m0/s1. The number of pyridine rings is 1. The van der Waals surface area contributed by atoms with Crippen molar-refractivity contribution in [3.63, 3.8) is 0 Å². The molecule has 0 fully saturated rings. The van der Waals surface area contributed by atoms with E-state index in [1.165, 1.54) is 0 Å². The number of rotatable bonds is 6. The highest BCUT2D eigenvalue weighted by Gasteiger charge is 2.25. The molecular weight excluding hydrogens is 507 g/mol. The first-order valence-electron chi connectivity index (χ1n) is 10.6. The van der Waals surface area contributed by atoms with Gasteiger partial charge in [-0.1, -0.05) is 13.8 Å². The van der Waals surface area contributed by atoms with Crippen molar-refractivity contribution in [1.29, 1.82) is 0 Å². The SMILES string of the molecule is CC(C)C[C@@H](COc1cc2c(cc1I)-c1ccncc1C(C)O2)NC(=O)OC(C)(C)C. The average molecular weight is 538 g/mol. The summed E-state index contributed by atoms with van der Waals surface area (Å²) in [6.45, 7) is 12.2. The van der Waals surface area contributed by atoms with E-state index < -0.39 is 11.7 Å². The molecule has 31 heavy (non-hydrogen) atoms. The van der Waals surface area contributed by atoms with Crippen LogP contribution in [0.4, 0.5) is 4.79 Å². The first-order valence-corrected chi connectivity index (χ1v) is 11.7. The van der Waals surface area contributed by atoms with E-state index >= 15 is 0 Å². The molecule has 0 saturated heterocycles. The molecule has 7 heteroatoms. The first kappa shape index (κ1) is 23.6. The van der Waals surface area contributed by atoms with Gasteiger partial charge in [0, 0.05) is 29.6 Å². The largest absolute Gasteiger partial charge is 0.490 e. The molecule has 2 atom stereocenters. The van der Waals surface area contributed by atoms with Crippen LogP contribution in [0.15, 0.2) is 30.6 Å². The zero-order valence-electron chi connectivity index (χ0n) is 19.0. The zero-order valence-corrected chi connectivity index (χ0v) is 21.1. The Bertz CT molecular complexity index is 940. The molecule has 2 aromatic rings. The van der Waals surface area contributed by atoms with Crippen molar-refractivity contribution in [2.24, 2.45) is 5.92 Å². The van der Waals surface area contributed by atoms with Gasteiger partial charge in [-0.3, -0.25) is 4.98 Å². The third-order valence-corrected chi connectivity index (χ3v) is 5.68. The summed E-state index contributed by atoms with van der Waals surface area (Å²) in [4.78, 5) is 16.5. The van der Waals surface area contributed by atoms with Gasteiger partial charge in [-0.25, -0.2) is 4.79 Å². The van der Waals surface area contributed by atoms with Crippen LogP contribution in [0.3, 0.4) is 0 Å². The topological polar surface area (TPSA) is 69.7 Å². The van der Waals surface area contributed by atoms with E-state index in [1.807, 2.05) is 46.0 Å². The van der Waals surface area contributed by atoms with E-state index in [0.717, 1.165) is 38.2 Å². The predicted octanol–water partition coefficient (Wildman–Crippen LogP) is 6.12. The first-order chi connectivity index (χ1) is 14.5. The van der Waals surface area contributed by atoms with Crippen LogP contribution in [-0.2, 0) is 4.74 Å². The van der Waals surface area contributed by atoms with E-state index in [9.17, 15) is 4.79 Å². The summed E-state index contributed by atoms with van der Waals surface area (Å²) in [5, 5.41) is 2.95. The monoisotopic (exact) mass is 538 g/mol. The van der Waals surface area contributed by atoms with Crippen molar-refractivity contribution < 1.29 is 19.0 Å². The number of carbonyl (C=O) groups is 1. The van der Waals surface area contributed by atoms with Crippen molar-refractivity contribution in [3.05, 3.63) is 39.7 Å². The lowest BCUT2D eigenvalue weighted by Crippen LogP contribution is -2.42. The molecule has 2 heterocycles. The van der Waals surface area contributed by atoms with Crippen LogP contribution in [0.5, 0.6) is 11.5 Å². The number of halogens is 1. The van der Waals surface area contributed by atoms with Crippen molar-refractivity contribution in [2.75, 3.05) is 6.61 Å². The predicted molar refractivity (Wildman–Crippen MR) is 130 cm³/mol. The van der Waals surface area contributed by atoms with Crippen LogP contribution in [0, 0.1) is 9.49 Å². The highest BCUT2D eigenvalue weighted by atomic mass is 127. The lowest BCUT2D eigenvalue weighted by molar-refractivity contribution is 0.0480. The Morgan fingerprint density at radius 1 is 1.29 bits per heavy atom. The molecule has 1 aliphatic heterocycles. The second-order valence-electron chi connectivity index (χ2n) is 9.29. The van der Waals surface area contributed by atoms with Crippen molar-refractivity contribution in [1.82, 2.24) is 10.3 Å². The summed E-state index contributed by atoms with van der Waals surface area (Å²) < 4.78 is 18.7. The molecule has 0 aliphatic carbocycles. The molecule has 1 aromatic carbocycles. The van der Waals surface area contributed by atoms with Gasteiger partial charge < -0.3 is 19.5 Å². The van der Waals surface area contributed by atoms with Gasteiger partial charge in [0.25, 0.3) is 0 Å². The van der Waals surface area contributed by atoms with Gasteiger partial charge in [0.2, 0.25) is 0 Å². The number of amides is 1. The molecule has 1 N–H and O–H groups in total. The van der Waals surface area contributed by atoms with Gasteiger partial charge in [-0.05, 0) is 80.3 Å². The number of hydrogen-bond acceptors (Lipinski definition) is 5. The number of aromatic nitrogens is 1. The van der Waals surface area contributed by atoms with Crippen LogP contribution in [-0.4, -0.2) is 29.3 Å². The Balaban J connectivity index is 1.76. The van der Waals surface area contributed by atoms with E-state index in [2.05, 4.69) is 52.8 Å².